The van der Waals surface area contributed by atoms with Crippen molar-refractivity contribution in [2.75, 3.05) is 39.5 Å². The van der Waals surface area contributed by atoms with Gasteiger partial charge in [-0.15, -0.1) is 0 Å². The minimum atomic E-state index is -0.686. The predicted molar refractivity (Wildman–Crippen MR) is 76.4 cm³/mol. The van der Waals surface area contributed by atoms with Crippen molar-refractivity contribution in [1.82, 2.24) is 4.90 Å². The second kappa shape index (κ2) is 9.68. The molecule has 1 aromatic carbocycles. The number of benzene rings is 1. The van der Waals surface area contributed by atoms with Crippen LogP contribution in [-0.4, -0.2) is 65.8 Å². The minimum absolute atomic E-state index is 0.00782. The second-order valence-corrected chi connectivity index (χ2v) is 4.56. The molecule has 0 bridgehead atoms. The van der Waals surface area contributed by atoms with Gasteiger partial charge in [-0.2, -0.15) is 0 Å². The number of hydrogen-bond donors (Lipinski definition) is 4. The van der Waals surface area contributed by atoms with Crippen LogP contribution in [0, 0.1) is 0 Å². The number of ether oxygens (including phenoxy) is 1. The van der Waals surface area contributed by atoms with Crippen molar-refractivity contribution in [2.45, 2.75) is 12.6 Å². The lowest BCUT2D eigenvalue weighted by atomic mass is 10.2. The van der Waals surface area contributed by atoms with Crippen LogP contribution in [0.15, 0.2) is 24.3 Å². The summed E-state index contributed by atoms with van der Waals surface area (Å²) in [4.78, 5) is 1.78. The molecule has 1 atom stereocenters. The summed E-state index contributed by atoms with van der Waals surface area (Å²) in [5.41, 5.74) is 6.52. The van der Waals surface area contributed by atoms with Gasteiger partial charge in [-0.05, 0) is 17.7 Å². The van der Waals surface area contributed by atoms with Gasteiger partial charge in [0.2, 0.25) is 0 Å². The molecule has 0 radical (unpaired) electrons. The first-order valence-electron chi connectivity index (χ1n) is 6.73. The number of aliphatic hydroxyl groups excluding tert-OH is 3. The van der Waals surface area contributed by atoms with Crippen molar-refractivity contribution in [3.8, 4) is 5.75 Å². The molecule has 0 aromatic heterocycles. The van der Waals surface area contributed by atoms with Crippen molar-refractivity contribution in [2.24, 2.45) is 5.73 Å². The lowest BCUT2D eigenvalue weighted by Crippen LogP contribution is -2.38. The summed E-state index contributed by atoms with van der Waals surface area (Å²) in [6, 6.07) is 7.41. The number of aliphatic hydroxyl groups is 3. The van der Waals surface area contributed by atoms with Crippen molar-refractivity contribution >= 4 is 0 Å². The average Bonchev–Trinajstić information content (AvgIpc) is 2.46. The van der Waals surface area contributed by atoms with Crippen LogP contribution in [-0.2, 0) is 6.54 Å². The van der Waals surface area contributed by atoms with Crippen molar-refractivity contribution in [3.63, 3.8) is 0 Å². The Kier molecular flexibility index (Phi) is 8.17. The molecule has 0 fully saturated rings. The van der Waals surface area contributed by atoms with E-state index in [1.807, 2.05) is 24.3 Å². The molecule has 0 amide bonds. The summed E-state index contributed by atoms with van der Waals surface area (Å²) < 4.78 is 5.51. The fraction of sp³-hybridized carbons (Fsp3) is 0.571. The zero-order valence-corrected chi connectivity index (χ0v) is 11.6. The van der Waals surface area contributed by atoms with E-state index in [1.54, 1.807) is 4.90 Å². The van der Waals surface area contributed by atoms with E-state index in [0.29, 0.717) is 31.9 Å². The van der Waals surface area contributed by atoms with Gasteiger partial charge in [0.05, 0.1) is 13.2 Å². The van der Waals surface area contributed by atoms with E-state index in [4.69, 9.17) is 20.7 Å². The first-order valence-corrected chi connectivity index (χ1v) is 6.73. The minimum Gasteiger partial charge on any atom is -0.491 e. The molecule has 0 saturated carbocycles. The van der Waals surface area contributed by atoms with Gasteiger partial charge in [-0.25, -0.2) is 0 Å². The number of hydrogen-bond acceptors (Lipinski definition) is 6. The lowest BCUT2D eigenvalue weighted by molar-refractivity contribution is 0.0552. The highest BCUT2D eigenvalue weighted by Crippen LogP contribution is 2.13. The van der Waals surface area contributed by atoms with Gasteiger partial charge in [-0.1, -0.05) is 12.1 Å². The number of rotatable bonds is 10. The lowest BCUT2D eigenvalue weighted by Gasteiger charge is -2.23. The van der Waals surface area contributed by atoms with E-state index in [-0.39, 0.29) is 19.8 Å². The molecule has 0 saturated heterocycles. The SMILES string of the molecule is NCc1cccc(OCC(O)CN(CCO)CCO)c1. The third kappa shape index (κ3) is 6.31. The van der Waals surface area contributed by atoms with Gasteiger partial charge in [0.25, 0.3) is 0 Å². The number of nitrogens with two attached hydrogens (primary N) is 1. The number of nitrogens with zero attached hydrogens (tertiary/aromatic N) is 1. The fourth-order valence-electron chi connectivity index (χ4n) is 1.88. The standard InChI is InChI=1S/C14H24N2O4/c15-9-12-2-1-3-14(8-12)20-11-13(19)10-16(4-6-17)5-7-18/h1-3,8,13,17-19H,4-7,9-11,15H2. The van der Waals surface area contributed by atoms with E-state index in [2.05, 4.69) is 0 Å². The summed E-state index contributed by atoms with van der Waals surface area (Å²) in [5.74, 6) is 0.669. The van der Waals surface area contributed by atoms with Crippen molar-refractivity contribution in [1.29, 1.82) is 0 Å². The molecular formula is C14H24N2O4. The molecule has 114 valence electrons. The van der Waals surface area contributed by atoms with E-state index in [0.717, 1.165) is 5.56 Å². The molecule has 0 aliphatic rings. The molecule has 20 heavy (non-hydrogen) atoms. The maximum atomic E-state index is 9.91. The zero-order valence-electron chi connectivity index (χ0n) is 11.6. The molecule has 1 rings (SSSR count). The van der Waals surface area contributed by atoms with Crippen LogP contribution in [0.3, 0.4) is 0 Å². The van der Waals surface area contributed by atoms with Gasteiger partial charge in [0, 0.05) is 26.2 Å². The van der Waals surface area contributed by atoms with Crippen LogP contribution in [0.5, 0.6) is 5.75 Å². The average molecular weight is 284 g/mol. The molecule has 1 unspecified atom stereocenters. The molecule has 0 spiro atoms. The van der Waals surface area contributed by atoms with E-state index in [1.165, 1.54) is 0 Å². The van der Waals surface area contributed by atoms with Gasteiger partial charge in [-0.3, -0.25) is 4.90 Å². The Morgan fingerprint density at radius 2 is 1.90 bits per heavy atom. The Labute approximate surface area is 119 Å². The molecular weight excluding hydrogens is 260 g/mol. The third-order valence-electron chi connectivity index (χ3n) is 2.88. The molecule has 6 heteroatoms. The Bertz CT molecular complexity index is 370. The van der Waals surface area contributed by atoms with E-state index in [9.17, 15) is 5.11 Å². The van der Waals surface area contributed by atoms with Crippen LogP contribution in [0.25, 0.3) is 0 Å². The highest BCUT2D eigenvalue weighted by Gasteiger charge is 2.11. The molecule has 0 aliphatic carbocycles. The highest BCUT2D eigenvalue weighted by molar-refractivity contribution is 5.28. The summed E-state index contributed by atoms with van der Waals surface area (Å²) in [5, 5.41) is 27.7. The maximum Gasteiger partial charge on any atom is 0.119 e. The van der Waals surface area contributed by atoms with E-state index < -0.39 is 6.10 Å². The Hall–Kier alpha value is -1.18. The molecule has 5 N–H and O–H groups in total. The quantitative estimate of drug-likeness (QED) is 0.448. The van der Waals surface area contributed by atoms with E-state index >= 15 is 0 Å². The molecule has 6 nitrogen and oxygen atoms in total. The van der Waals surface area contributed by atoms with Crippen LogP contribution in [0.4, 0.5) is 0 Å². The van der Waals surface area contributed by atoms with Crippen molar-refractivity contribution < 1.29 is 20.1 Å². The smallest absolute Gasteiger partial charge is 0.119 e. The first-order chi connectivity index (χ1) is 9.69. The summed E-state index contributed by atoms with van der Waals surface area (Å²) in [7, 11) is 0. The van der Waals surface area contributed by atoms with Gasteiger partial charge in [0.15, 0.2) is 0 Å². The zero-order chi connectivity index (χ0) is 14.8. The Morgan fingerprint density at radius 1 is 1.20 bits per heavy atom. The van der Waals surface area contributed by atoms with Crippen molar-refractivity contribution in [3.05, 3.63) is 29.8 Å². The van der Waals surface area contributed by atoms with Crippen LogP contribution >= 0.6 is 0 Å². The molecule has 0 heterocycles. The first kappa shape index (κ1) is 16.9. The van der Waals surface area contributed by atoms with Gasteiger partial charge in [0.1, 0.15) is 18.5 Å². The summed E-state index contributed by atoms with van der Waals surface area (Å²) in [6.07, 6.45) is -0.686. The Balaban J connectivity index is 2.39. The topological polar surface area (TPSA) is 99.2 Å². The van der Waals surface area contributed by atoms with Gasteiger partial charge >= 0.3 is 0 Å². The fourth-order valence-corrected chi connectivity index (χ4v) is 1.88. The maximum absolute atomic E-state index is 9.91. The molecule has 0 aliphatic heterocycles. The second-order valence-electron chi connectivity index (χ2n) is 4.56. The highest BCUT2D eigenvalue weighted by atomic mass is 16.5. The monoisotopic (exact) mass is 284 g/mol. The normalized spacial score (nSPS) is 12.7. The van der Waals surface area contributed by atoms with Crippen LogP contribution in [0.1, 0.15) is 5.56 Å². The van der Waals surface area contributed by atoms with Gasteiger partial charge < -0.3 is 25.8 Å². The predicted octanol–water partition coefficient (Wildman–Crippen LogP) is -0.828. The third-order valence-corrected chi connectivity index (χ3v) is 2.88. The largest absolute Gasteiger partial charge is 0.491 e. The summed E-state index contributed by atoms with van der Waals surface area (Å²) in [6.45, 7) is 1.76. The molecule has 1 aromatic rings. The van der Waals surface area contributed by atoms with Crippen LogP contribution < -0.4 is 10.5 Å². The Morgan fingerprint density at radius 3 is 2.50 bits per heavy atom. The summed E-state index contributed by atoms with van der Waals surface area (Å²) >= 11 is 0. The van der Waals surface area contributed by atoms with Crippen LogP contribution in [0.2, 0.25) is 0 Å².